The van der Waals surface area contributed by atoms with Crippen LogP contribution >= 0.6 is 0 Å². The molecule has 1 heterocycles. The Morgan fingerprint density at radius 1 is 1.04 bits per heavy atom. The zero-order valence-corrected chi connectivity index (χ0v) is 13.9. The molecule has 0 saturated carbocycles. The molecule has 0 radical (unpaired) electrons. The average Bonchev–Trinajstić information content (AvgIpc) is 2.66. The summed E-state index contributed by atoms with van der Waals surface area (Å²) in [6.45, 7) is 0. The van der Waals surface area contributed by atoms with Crippen LogP contribution in [-0.2, 0) is 31.9 Å². The Morgan fingerprint density at radius 2 is 1.64 bits per heavy atom. The molecule has 0 saturated heterocycles. The summed E-state index contributed by atoms with van der Waals surface area (Å²) in [4.78, 5) is 43.9. The van der Waals surface area contributed by atoms with Crippen LogP contribution in [0, 0.1) is 11.8 Å². The lowest BCUT2D eigenvalue weighted by Gasteiger charge is -2.28. The normalized spacial score (nSPS) is 19.0. The van der Waals surface area contributed by atoms with Gasteiger partial charge in [0.05, 0.1) is 31.7 Å². The molecule has 1 aliphatic rings. The van der Waals surface area contributed by atoms with Crippen molar-refractivity contribution < 1.29 is 19.1 Å². The van der Waals surface area contributed by atoms with Crippen LogP contribution < -0.4 is 5.56 Å². The van der Waals surface area contributed by atoms with Crippen molar-refractivity contribution >= 4 is 11.9 Å². The van der Waals surface area contributed by atoms with E-state index >= 15 is 0 Å². The van der Waals surface area contributed by atoms with E-state index in [4.69, 9.17) is 9.47 Å². The maximum absolute atomic E-state index is 12.5. The Kier molecular flexibility index (Phi) is 4.65. The molecule has 25 heavy (non-hydrogen) atoms. The fraction of sp³-hybridized carbons (Fsp3) is 0.333. The number of H-pyrrole nitrogens is 1. The largest absolute Gasteiger partial charge is 0.469 e. The highest BCUT2D eigenvalue weighted by Crippen LogP contribution is 2.30. The molecule has 3 rings (SSSR count). The standard InChI is InChI=1S/C18H18N2O5/c1-24-17(22)11-8-13-14(9-12(11)18(23)25-2)19-15(20-16(13)21)10-6-4-3-5-7-10/h3-7,11-12H,8-9H2,1-2H3,(H,19,20,21)/t11-,12+/m1/s1. The predicted molar refractivity (Wildman–Crippen MR) is 88.7 cm³/mol. The molecular weight excluding hydrogens is 324 g/mol. The van der Waals surface area contributed by atoms with Crippen molar-refractivity contribution in [3.05, 3.63) is 51.9 Å². The molecule has 1 aromatic carbocycles. The van der Waals surface area contributed by atoms with Crippen LogP contribution in [0.4, 0.5) is 0 Å². The van der Waals surface area contributed by atoms with Gasteiger partial charge in [-0.25, -0.2) is 4.98 Å². The zero-order valence-electron chi connectivity index (χ0n) is 13.9. The Morgan fingerprint density at radius 3 is 2.24 bits per heavy atom. The smallest absolute Gasteiger partial charge is 0.309 e. The average molecular weight is 342 g/mol. The second-order valence-corrected chi connectivity index (χ2v) is 5.87. The Labute approximate surface area is 144 Å². The number of aromatic nitrogens is 2. The number of hydrogen-bond donors (Lipinski definition) is 1. The molecule has 1 aromatic heterocycles. The highest BCUT2D eigenvalue weighted by molar-refractivity contribution is 5.83. The van der Waals surface area contributed by atoms with Gasteiger partial charge in [0.15, 0.2) is 0 Å². The minimum atomic E-state index is -0.754. The monoisotopic (exact) mass is 342 g/mol. The van der Waals surface area contributed by atoms with Gasteiger partial charge >= 0.3 is 11.9 Å². The summed E-state index contributed by atoms with van der Waals surface area (Å²) in [5, 5.41) is 0. The van der Waals surface area contributed by atoms with E-state index in [1.165, 1.54) is 14.2 Å². The van der Waals surface area contributed by atoms with Gasteiger partial charge in [-0.1, -0.05) is 30.3 Å². The van der Waals surface area contributed by atoms with Gasteiger partial charge in [-0.3, -0.25) is 14.4 Å². The van der Waals surface area contributed by atoms with Crippen LogP contribution in [0.2, 0.25) is 0 Å². The summed E-state index contributed by atoms with van der Waals surface area (Å²) >= 11 is 0. The molecule has 1 N–H and O–H groups in total. The van der Waals surface area contributed by atoms with Crippen molar-refractivity contribution in [1.29, 1.82) is 0 Å². The molecule has 2 aromatic rings. The third kappa shape index (κ3) is 3.17. The zero-order chi connectivity index (χ0) is 18.0. The van der Waals surface area contributed by atoms with Crippen molar-refractivity contribution in [2.75, 3.05) is 14.2 Å². The van der Waals surface area contributed by atoms with Gasteiger partial charge in [0.1, 0.15) is 5.82 Å². The molecule has 0 unspecified atom stereocenters. The summed E-state index contributed by atoms with van der Waals surface area (Å²) in [6.07, 6.45) is 0.255. The second-order valence-electron chi connectivity index (χ2n) is 5.87. The molecule has 130 valence electrons. The minimum absolute atomic E-state index is 0.0964. The van der Waals surface area contributed by atoms with Crippen molar-refractivity contribution in [2.45, 2.75) is 12.8 Å². The highest BCUT2D eigenvalue weighted by Gasteiger charge is 2.41. The lowest BCUT2D eigenvalue weighted by Crippen LogP contribution is -2.40. The number of hydrogen-bond acceptors (Lipinski definition) is 6. The van der Waals surface area contributed by atoms with E-state index < -0.39 is 23.8 Å². The van der Waals surface area contributed by atoms with E-state index in [0.717, 1.165) is 5.56 Å². The van der Waals surface area contributed by atoms with Crippen molar-refractivity contribution in [1.82, 2.24) is 9.97 Å². The number of benzene rings is 1. The Hall–Kier alpha value is -2.96. The number of fused-ring (bicyclic) bond motifs is 1. The van der Waals surface area contributed by atoms with Crippen molar-refractivity contribution in [3.8, 4) is 11.4 Å². The molecule has 0 amide bonds. The van der Waals surface area contributed by atoms with E-state index in [9.17, 15) is 14.4 Å². The first-order chi connectivity index (χ1) is 12.0. The predicted octanol–water partition coefficient (Wildman–Crippen LogP) is 1.11. The summed E-state index contributed by atoms with van der Waals surface area (Å²) in [7, 11) is 2.53. The fourth-order valence-electron chi connectivity index (χ4n) is 3.17. The van der Waals surface area contributed by atoms with Crippen LogP contribution in [-0.4, -0.2) is 36.1 Å². The quantitative estimate of drug-likeness (QED) is 0.839. The first-order valence-electron chi connectivity index (χ1n) is 7.88. The molecule has 7 nitrogen and oxygen atoms in total. The van der Waals surface area contributed by atoms with Gasteiger partial charge < -0.3 is 14.5 Å². The number of methoxy groups -OCH3 is 2. The molecule has 0 fully saturated rings. The summed E-state index contributed by atoms with van der Waals surface area (Å²) in [5.74, 6) is -2.08. The first kappa shape index (κ1) is 16.9. The van der Waals surface area contributed by atoms with Crippen LogP contribution in [0.3, 0.4) is 0 Å². The van der Waals surface area contributed by atoms with Crippen LogP contribution in [0.15, 0.2) is 35.1 Å². The highest BCUT2D eigenvalue weighted by atomic mass is 16.5. The topological polar surface area (TPSA) is 98.4 Å². The first-order valence-corrected chi connectivity index (χ1v) is 7.88. The van der Waals surface area contributed by atoms with Crippen LogP contribution in [0.25, 0.3) is 11.4 Å². The summed E-state index contributed by atoms with van der Waals surface area (Å²) in [5.41, 5.74) is 1.39. The third-order valence-corrected chi connectivity index (χ3v) is 4.48. The molecule has 2 atom stereocenters. The van der Waals surface area contributed by atoms with E-state index in [0.29, 0.717) is 17.1 Å². The van der Waals surface area contributed by atoms with Crippen LogP contribution in [0.1, 0.15) is 11.3 Å². The van der Waals surface area contributed by atoms with E-state index in [-0.39, 0.29) is 18.4 Å². The summed E-state index contributed by atoms with van der Waals surface area (Å²) < 4.78 is 9.60. The van der Waals surface area contributed by atoms with E-state index in [1.807, 2.05) is 30.3 Å². The summed E-state index contributed by atoms with van der Waals surface area (Å²) in [6, 6.07) is 9.23. The number of ether oxygens (including phenoxy) is 2. The lowest BCUT2D eigenvalue weighted by molar-refractivity contribution is -0.158. The molecule has 0 bridgehead atoms. The van der Waals surface area contributed by atoms with Crippen molar-refractivity contribution in [2.24, 2.45) is 11.8 Å². The van der Waals surface area contributed by atoms with E-state index in [2.05, 4.69) is 9.97 Å². The van der Waals surface area contributed by atoms with Gasteiger partial charge in [-0.15, -0.1) is 0 Å². The molecule has 1 aliphatic carbocycles. The van der Waals surface area contributed by atoms with Gasteiger partial charge in [0, 0.05) is 17.5 Å². The second kappa shape index (κ2) is 6.88. The number of esters is 2. The fourth-order valence-corrected chi connectivity index (χ4v) is 3.17. The number of rotatable bonds is 3. The SMILES string of the molecule is COC(=O)[C@H]1Cc2nc(-c3ccccc3)[nH]c(=O)c2C[C@H]1C(=O)OC. The number of nitrogens with one attached hydrogen (secondary N) is 1. The maximum Gasteiger partial charge on any atom is 0.309 e. The number of carbonyl (C=O) groups is 2. The molecular formula is C18H18N2O5. The minimum Gasteiger partial charge on any atom is -0.469 e. The van der Waals surface area contributed by atoms with Crippen LogP contribution in [0.5, 0.6) is 0 Å². The lowest BCUT2D eigenvalue weighted by atomic mass is 9.78. The maximum atomic E-state index is 12.5. The van der Waals surface area contributed by atoms with Gasteiger partial charge in [-0.05, 0) is 6.42 Å². The van der Waals surface area contributed by atoms with E-state index in [1.54, 1.807) is 0 Å². The van der Waals surface area contributed by atoms with Gasteiger partial charge in [-0.2, -0.15) is 0 Å². The number of carbonyl (C=O) groups excluding carboxylic acids is 2. The number of nitrogens with zero attached hydrogens (tertiary/aromatic N) is 1. The van der Waals surface area contributed by atoms with Gasteiger partial charge in [0.25, 0.3) is 5.56 Å². The number of aromatic amines is 1. The Balaban J connectivity index is 2.06. The third-order valence-electron chi connectivity index (χ3n) is 4.48. The van der Waals surface area contributed by atoms with Gasteiger partial charge in [0.2, 0.25) is 0 Å². The molecule has 0 spiro atoms. The Bertz CT molecular complexity index is 860. The molecule has 0 aliphatic heterocycles. The van der Waals surface area contributed by atoms with Crippen molar-refractivity contribution in [3.63, 3.8) is 0 Å². The molecule has 7 heteroatoms.